The lowest BCUT2D eigenvalue weighted by atomic mass is 10.1. The zero-order valence-electron chi connectivity index (χ0n) is 31.7. The molecule has 0 unspecified atom stereocenters. The second-order valence-corrected chi connectivity index (χ2v) is 12.5. The molecule has 0 fully saturated rings. The standard InChI is InChI=1S/C32H49N7O6.C5H10O2.CH4/c1-4-6-8-28-30(32(42)38-24(3)33)39-27(23-37-28)22-36-26-12-10-25(11-13-26)31(41)35-14-7-9-29(40)34-15-17-44-19-21-45-20-18-43-16-5-2;1-5(2,3)7-4-6;/h8,10-13,23,36-37H,4-7,9,14-22H2,1-3H3,(H,34,40)(H,35,41)(H2,33,38,42);4H,1-3H3;1H4/b28-8-;;. The van der Waals surface area contributed by atoms with Crippen LogP contribution < -0.4 is 27.0 Å². The summed E-state index contributed by atoms with van der Waals surface area (Å²) in [5, 5.41) is 12.0. The van der Waals surface area contributed by atoms with Gasteiger partial charge in [-0.3, -0.25) is 19.2 Å². The van der Waals surface area contributed by atoms with Crippen LogP contribution in [0.5, 0.6) is 0 Å². The monoisotopic (exact) mass is 745 g/mol. The Morgan fingerprint density at radius 2 is 1.57 bits per heavy atom. The SMILES string of the molecule is C.CC(C)(C)OC=O.CCC/C=C1\NC=C(CNc2ccc(C(=O)NCCCC(=O)NCCOCCOCCOCCC)cc2)N=C1C(=O)N=C(C)N. The summed E-state index contributed by atoms with van der Waals surface area (Å²) < 4.78 is 20.7. The Kier molecular flexibility index (Phi) is 26.4. The van der Waals surface area contributed by atoms with Crippen molar-refractivity contribution in [1.29, 1.82) is 0 Å². The molecule has 6 N–H and O–H groups in total. The number of ether oxygens (including phenoxy) is 4. The quantitative estimate of drug-likeness (QED) is 0.0464. The largest absolute Gasteiger partial charge is 0.462 e. The van der Waals surface area contributed by atoms with E-state index >= 15 is 0 Å². The Labute approximate surface area is 315 Å². The summed E-state index contributed by atoms with van der Waals surface area (Å²) in [6.07, 6.45) is 7.19. The average molecular weight is 746 g/mol. The molecule has 1 aromatic rings. The summed E-state index contributed by atoms with van der Waals surface area (Å²) in [6.45, 7) is 16.0. The van der Waals surface area contributed by atoms with Gasteiger partial charge in [0.05, 0.1) is 51.0 Å². The fourth-order valence-corrected chi connectivity index (χ4v) is 4.04. The summed E-state index contributed by atoms with van der Waals surface area (Å²) >= 11 is 0. The van der Waals surface area contributed by atoms with Crippen molar-refractivity contribution in [1.82, 2.24) is 16.0 Å². The molecule has 1 aliphatic rings. The van der Waals surface area contributed by atoms with E-state index in [-0.39, 0.29) is 36.4 Å². The number of hydrogen-bond donors (Lipinski definition) is 5. The number of hydrogen-bond acceptors (Lipinski definition) is 11. The predicted octanol–water partition coefficient (Wildman–Crippen LogP) is 4.25. The number of unbranched alkanes of at least 4 members (excludes halogenated alkanes) is 1. The molecule has 1 aliphatic heterocycles. The van der Waals surface area contributed by atoms with Gasteiger partial charge in [-0.05, 0) is 71.2 Å². The van der Waals surface area contributed by atoms with Crippen molar-refractivity contribution in [3.63, 3.8) is 0 Å². The highest BCUT2D eigenvalue weighted by Gasteiger charge is 2.20. The first-order valence-electron chi connectivity index (χ1n) is 17.7. The van der Waals surface area contributed by atoms with Gasteiger partial charge in [0.1, 0.15) is 11.4 Å². The van der Waals surface area contributed by atoms with E-state index in [2.05, 4.69) is 42.9 Å². The number of benzene rings is 1. The Bertz CT molecular complexity index is 1350. The summed E-state index contributed by atoms with van der Waals surface area (Å²) in [7, 11) is 0. The minimum Gasteiger partial charge on any atom is -0.462 e. The van der Waals surface area contributed by atoms with Crippen LogP contribution in [0, 0.1) is 0 Å². The third kappa shape index (κ3) is 24.3. The molecular weight excluding hydrogens is 682 g/mol. The van der Waals surface area contributed by atoms with Crippen LogP contribution in [0.4, 0.5) is 5.69 Å². The molecule has 3 amide bonds. The van der Waals surface area contributed by atoms with Crippen LogP contribution >= 0.6 is 0 Å². The summed E-state index contributed by atoms with van der Waals surface area (Å²) in [5.41, 5.74) is 8.00. The molecule has 53 heavy (non-hydrogen) atoms. The topological polar surface area (TPSA) is 204 Å². The lowest BCUT2D eigenvalue weighted by Crippen LogP contribution is -2.29. The molecule has 0 aromatic heterocycles. The summed E-state index contributed by atoms with van der Waals surface area (Å²) in [4.78, 5) is 55.0. The molecule has 0 radical (unpaired) electrons. The molecule has 0 spiro atoms. The molecule has 0 saturated heterocycles. The zero-order chi connectivity index (χ0) is 38.6. The molecule has 1 heterocycles. The number of amides is 3. The molecule has 2 rings (SSSR count). The van der Waals surface area contributed by atoms with Gasteiger partial charge in [0, 0.05) is 43.6 Å². The molecule has 0 saturated carbocycles. The van der Waals surface area contributed by atoms with E-state index in [0.717, 1.165) is 31.6 Å². The van der Waals surface area contributed by atoms with Crippen molar-refractivity contribution < 1.29 is 38.1 Å². The van der Waals surface area contributed by atoms with Crippen molar-refractivity contribution in [2.45, 2.75) is 86.7 Å². The first-order chi connectivity index (χ1) is 24.9. The van der Waals surface area contributed by atoms with Gasteiger partial charge in [0.15, 0.2) is 5.71 Å². The van der Waals surface area contributed by atoms with E-state index in [9.17, 15) is 19.2 Å². The van der Waals surface area contributed by atoms with E-state index in [1.165, 1.54) is 0 Å². The second kappa shape index (κ2) is 28.9. The van der Waals surface area contributed by atoms with E-state index in [0.29, 0.717) is 88.9 Å². The van der Waals surface area contributed by atoms with Crippen molar-refractivity contribution >= 4 is 41.4 Å². The van der Waals surface area contributed by atoms with Gasteiger partial charge >= 0.3 is 0 Å². The van der Waals surface area contributed by atoms with Gasteiger partial charge in [-0.25, -0.2) is 4.99 Å². The number of nitrogens with two attached hydrogens (primary N) is 1. The van der Waals surface area contributed by atoms with E-state index in [4.69, 9.17) is 19.9 Å². The average Bonchev–Trinajstić information content (AvgIpc) is 3.10. The molecule has 0 aliphatic carbocycles. The van der Waals surface area contributed by atoms with Crippen LogP contribution in [0.25, 0.3) is 0 Å². The van der Waals surface area contributed by atoms with Gasteiger partial charge in [-0.2, -0.15) is 4.99 Å². The lowest BCUT2D eigenvalue weighted by molar-refractivity contribution is -0.138. The van der Waals surface area contributed by atoms with E-state index < -0.39 is 5.91 Å². The van der Waals surface area contributed by atoms with Crippen LogP contribution in [0.1, 0.15) is 91.4 Å². The number of nitrogens with one attached hydrogen (secondary N) is 4. The molecule has 15 nitrogen and oxygen atoms in total. The number of aliphatic imine (C=N–C) groups is 2. The minimum atomic E-state index is -0.502. The fraction of sp³-hybridized carbons (Fsp3) is 0.579. The lowest BCUT2D eigenvalue weighted by Gasteiger charge is -2.17. The number of carbonyl (C=O) groups is 4. The van der Waals surface area contributed by atoms with Crippen molar-refractivity contribution in [3.05, 3.63) is 53.5 Å². The number of amidine groups is 1. The third-order valence-corrected chi connectivity index (χ3v) is 6.57. The molecule has 0 bridgehead atoms. The highest BCUT2D eigenvalue weighted by Crippen LogP contribution is 2.14. The number of nitrogens with zero attached hydrogens (tertiary/aromatic N) is 2. The number of anilines is 1. The maximum atomic E-state index is 12.6. The zero-order valence-corrected chi connectivity index (χ0v) is 31.7. The Morgan fingerprint density at radius 1 is 0.925 bits per heavy atom. The van der Waals surface area contributed by atoms with Crippen LogP contribution in [0.15, 0.2) is 57.9 Å². The first-order valence-corrected chi connectivity index (χ1v) is 17.7. The molecule has 0 atom stereocenters. The predicted molar refractivity (Wildman–Crippen MR) is 210 cm³/mol. The molecule has 15 heteroatoms. The van der Waals surface area contributed by atoms with Gasteiger partial charge < -0.3 is 45.9 Å². The Hall–Kier alpha value is -4.60. The number of carbonyl (C=O) groups excluding carboxylic acids is 4. The maximum Gasteiger partial charge on any atom is 0.299 e. The van der Waals surface area contributed by atoms with Crippen molar-refractivity contribution in [2.75, 3.05) is 64.6 Å². The number of allylic oxidation sites excluding steroid dienone is 1. The first kappa shape index (κ1) is 48.4. The van der Waals surface area contributed by atoms with Crippen LogP contribution in [-0.4, -0.2) is 101 Å². The van der Waals surface area contributed by atoms with Crippen LogP contribution in [0.2, 0.25) is 0 Å². The molecule has 298 valence electrons. The third-order valence-electron chi connectivity index (χ3n) is 6.57. The molecule has 1 aromatic carbocycles. The van der Waals surface area contributed by atoms with Crippen molar-refractivity contribution in [3.8, 4) is 0 Å². The van der Waals surface area contributed by atoms with E-state index in [1.54, 1.807) is 37.4 Å². The normalized spacial score (nSPS) is 13.2. The van der Waals surface area contributed by atoms with Crippen LogP contribution in [0.3, 0.4) is 0 Å². The fourth-order valence-electron chi connectivity index (χ4n) is 4.04. The minimum absolute atomic E-state index is 0. The number of rotatable bonds is 23. The van der Waals surface area contributed by atoms with E-state index in [1.807, 2.05) is 33.8 Å². The maximum absolute atomic E-state index is 12.6. The Balaban J connectivity index is 0.00000306. The van der Waals surface area contributed by atoms with Gasteiger partial charge in [-0.1, -0.05) is 33.8 Å². The van der Waals surface area contributed by atoms with Crippen LogP contribution in [-0.2, 0) is 33.3 Å². The van der Waals surface area contributed by atoms with Crippen molar-refractivity contribution in [2.24, 2.45) is 15.7 Å². The highest BCUT2D eigenvalue weighted by atomic mass is 16.5. The molecular formula is C38H63N7O8. The van der Waals surface area contributed by atoms with Gasteiger partial charge in [-0.15, -0.1) is 0 Å². The Morgan fingerprint density at radius 3 is 2.13 bits per heavy atom. The highest BCUT2D eigenvalue weighted by molar-refractivity contribution is 6.47. The van der Waals surface area contributed by atoms with Gasteiger partial charge in [0.2, 0.25) is 5.91 Å². The summed E-state index contributed by atoms with van der Waals surface area (Å²) in [6, 6.07) is 7.01. The summed E-state index contributed by atoms with van der Waals surface area (Å²) in [5.74, 6) is -0.644. The van der Waals surface area contributed by atoms with Gasteiger partial charge in [0.25, 0.3) is 18.3 Å². The smallest absolute Gasteiger partial charge is 0.299 e. The second-order valence-electron chi connectivity index (χ2n) is 12.5.